The van der Waals surface area contributed by atoms with Gasteiger partial charge in [0.05, 0.1) is 21.5 Å². The van der Waals surface area contributed by atoms with Crippen LogP contribution < -0.4 is 10.1 Å². The molecule has 0 bridgehead atoms. The van der Waals surface area contributed by atoms with E-state index in [9.17, 15) is 28.1 Å². The van der Waals surface area contributed by atoms with Gasteiger partial charge in [-0.25, -0.2) is 4.79 Å². The van der Waals surface area contributed by atoms with Crippen molar-refractivity contribution in [3.05, 3.63) is 58.1 Å². The zero-order valence-corrected chi connectivity index (χ0v) is 15.2. The molecule has 29 heavy (non-hydrogen) atoms. The van der Waals surface area contributed by atoms with Gasteiger partial charge in [-0.05, 0) is 36.4 Å². The number of nitro groups is 1. The minimum absolute atomic E-state index is 0.0804. The van der Waals surface area contributed by atoms with Crippen molar-refractivity contribution in [2.24, 2.45) is 0 Å². The number of alkyl halides is 3. The number of hydrogen-bond acceptors (Lipinski definition) is 7. The predicted molar refractivity (Wildman–Crippen MR) is 96.6 cm³/mol. The number of anilines is 1. The van der Waals surface area contributed by atoms with Crippen LogP contribution in [0.3, 0.4) is 0 Å². The molecule has 152 valence electrons. The van der Waals surface area contributed by atoms with Crippen molar-refractivity contribution in [3.63, 3.8) is 0 Å². The molecular weight excluding hydrogens is 415 g/mol. The van der Waals surface area contributed by atoms with Crippen LogP contribution in [0.25, 0.3) is 0 Å². The summed E-state index contributed by atoms with van der Waals surface area (Å²) in [7, 11) is 0. The first kappa shape index (κ1) is 21.8. The Labute approximate surface area is 166 Å². The Morgan fingerprint density at radius 2 is 1.93 bits per heavy atom. The van der Waals surface area contributed by atoms with Crippen LogP contribution in [0.1, 0.15) is 5.56 Å². The Kier molecular flexibility index (Phi) is 7.27. The number of amides is 1. The monoisotopic (exact) mass is 427 g/mol. The Bertz CT molecular complexity index is 929. The molecule has 0 saturated heterocycles. The fourth-order valence-electron chi connectivity index (χ4n) is 2.03. The summed E-state index contributed by atoms with van der Waals surface area (Å²) in [5.41, 5.74) is 0.128. The number of nitro benzene ring substituents is 1. The third-order valence-electron chi connectivity index (χ3n) is 3.19. The molecule has 0 heterocycles. The lowest BCUT2D eigenvalue weighted by atomic mass is 10.2. The van der Waals surface area contributed by atoms with Crippen LogP contribution in [0.2, 0.25) is 0 Å². The first-order valence-corrected chi connectivity index (χ1v) is 8.77. The minimum Gasteiger partial charge on any atom is -0.448 e. The molecule has 1 amide bonds. The molecule has 2 aromatic rings. The Balaban J connectivity index is 1.81. The highest BCUT2D eigenvalue weighted by molar-refractivity contribution is 7.99. The number of thioether (sulfide) groups is 1. The molecule has 2 aromatic carbocycles. The Morgan fingerprint density at radius 3 is 2.52 bits per heavy atom. The zero-order chi connectivity index (χ0) is 21.4. The summed E-state index contributed by atoms with van der Waals surface area (Å²) in [6.07, 6.45) is -5.65. The van der Waals surface area contributed by atoms with E-state index in [1.807, 2.05) is 6.07 Å². The van der Waals surface area contributed by atoms with Crippen LogP contribution in [-0.4, -0.2) is 29.7 Å². The maximum atomic E-state index is 12.1. The second-order valence-electron chi connectivity index (χ2n) is 5.23. The number of carbonyl (C=O) groups excluding carboxylic acids is 1. The summed E-state index contributed by atoms with van der Waals surface area (Å²) in [4.78, 5) is 22.5. The average Bonchev–Trinajstić information content (AvgIpc) is 2.65. The van der Waals surface area contributed by atoms with Crippen molar-refractivity contribution in [1.29, 1.82) is 5.26 Å². The van der Waals surface area contributed by atoms with Gasteiger partial charge in [0.1, 0.15) is 12.4 Å². The van der Waals surface area contributed by atoms with E-state index in [1.54, 1.807) is 0 Å². The lowest BCUT2D eigenvalue weighted by molar-refractivity contribution is -0.387. The molecule has 0 spiro atoms. The fraction of sp³-hybridized carbons (Fsp3) is 0.176. The van der Waals surface area contributed by atoms with Gasteiger partial charge in [-0.3, -0.25) is 15.4 Å². The van der Waals surface area contributed by atoms with Gasteiger partial charge in [-0.1, -0.05) is 0 Å². The van der Waals surface area contributed by atoms with E-state index in [-0.39, 0.29) is 29.3 Å². The van der Waals surface area contributed by atoms with Crippen molar-refractivity contribution >= 4 is 29.2 Å². The van der Waals surface area contributed by atoms with Gasteiger partial charge < -0.3 is 9.47 Å². The largest absolute Gasteiger partial charge is 0.573 e. The van der Waals surface area contributed by atoms with Crippen LogP contribution in [0, 0.1) is 21.4 Å². The molecule has 8 nitrogen and oxygen atoms in total. The van der Waals surface area contributed by atoms with Crippen molar-refractivity contribution in [3.8, 4) is 11.8 Å². The molecule has 2 rings (SSSR count). The van der Waals surface area contributed by atoms with E-state index in [0.717, 1.165) is 30.0 Å². The summed E-state index contributed by atoms with van der Waals surface area (Å²) in [5, 5.41) is 22.2. The van der Waals surface area contributed by atoms with E-state index < -0.39 is 23.1 Å². The molecule has 0 aromatic heterocycles. The number of carbonyl (C=O) groups is 1. The molecule has 0 aliphatic rings. The highest BCUT2D eigenvalue weighted by Crippen LogP contribution is 2.30. The number of halogens is 3. The molecule has 0 unspecified atom stereocenters. The van der Waals surface area contributed by atoms with Gasteiger partial charge in [0.15, 0.2) is 0 Å². The first-order chi connectivity index (χ1) is 13.7. The van der Waals surface area contributed by atoms with Gasteiger partial charge >= 0.3 is 12.5 Å². The number of nitriles is 1. The normalized spacial score (nSPS) is 10.7. The Morgan fingerprint density at radius 1 is 1.24 bits per heavy atom. The van der Waals surface area contributed by atoms with Crippen LogP contribution in [-0.2, 0) is 4.74 Å². The predicted octanol–water partition coefficient (Wildman–Crippen LogP) is 4.71. The number of nitrogens with one attached hydrogen (secondary N) is 1. The number of rotatable bonds is 7. The van der Waals surface area contributed by atoms with Gasteiger partial charge in [0.2, 0.25) is 0 Å². The molecule has 12 heteroatoms. The number of ether oxygens (including phenoxy) is 2. The summed E-state index contributed by atoms with van der Waals surface area (Å²) < 4.78 is 44.9. The van der Waals surface area contributed by atoms with Gasteiger partial charge in [-0.15, -0.1) is 24.9 Å². The van der Waals surface area contributed by atoms with Crippen LogP contribution in [0.4, 0.5) is 29.3 Å². The average molecular weight is 427 g/mol. The van der Waals surface area contributed by atoms with Gasteiger partial charge in [0.25, 0.3) is 5.69 Å². The highest BCUT2D eigenvalue weighted by Gasteiger charge is 2.30. The lowest BCUT2D eigenvalue weighted by Gasteiger charge is -2.10. The molecule has 0 aliphatic carbocycles. The third kappa shape index (κ3) is 7.23. The smallest absolute Gasteiger partial charge is 0.448 e. The number of benzene rings is 2. The minimum atomic E-state index is -4.81. The second-order valence-corrected chi connectivity index (χ2v) is 6.37. The van der Waals surface area contributed by atoms with Crippen molar-refractivity contribution in [1.82, 2.24) is 0 Å². The molecule has 0 radical (unpaired) electrons. The van der Waals surface area contributed by atoms with Gasteiger partial charge in [0, 0.05) is 17.5 Å². The third-order valence-corrected chi connectivity index (χ3v) is 4.22. The molecular formula is C17H12F3N3O5S. The van der Waals surface area contributed by atoms with Gasteiger partial charge in [-0.2, -0.15) is 5.26 Å². The molecule has 0 aliphatic heterocycles. The molecule has 1 N–H and O–H groups in total. The van der Waals surface area contributed by atoms with Crippen LogP contribution >= 0.6 is 11.8 Å². The van der Waals surface area contributed by atoms with E-state index in [4.69, 9.17) is 10.00 Å². The molecule has 0 fully saturated rings. The van der Waals surface area contributed by atoms with Crippen molar-refractivity contribution < 1.29 is 32.4 Å². The van der Waals surface area contributed by atoms with E-state index in [0.29, 0.717) is 4.90 Å². The van der Waals surface area contributed by atoms with Crippen molar-refractivity contribution in [2.45, 2.75) is 11.3 Å². The van der Waals surface area contributed by atoms with E-state index in [2.05, 4.69) is 10.1 Å². The quantitative estimate of drug-likeness (QED) is 0.295. The molecule has 0 saturated carbocycles. The summed E-state index contributed by atoms with van der Waals surface area (Å²) in [6.45, 7) is -0.0804. The maximum absolute atomic E-state index is 12.1. The molecule has 0 atom stereocenters. The van der Waals surface area contributed by atoms with E-state index in [1.165, 1.54) is 24.3 Å². The lowest BCUT2D eigenvalue weighted by Crippen LogP contribution is -2.17. The maximum Gasteiger partial charge on any atom is 0.573 e. The zero-order valence-electron chi connectivity index (χ0n) is 14.4. The SMILES string of the molecule is N#Cc1ccc(SCCOC(=O)Nc2ccc(OC(F)(F)F)cc2)c([N+](=O)[O-])c1. The van der Waals surface area contributed by atoms with Crippen LogP contribution in [0.15, 0.2) is 47.4 Å². The standard InChI is InChI=1S/C17H12F3N3O5S/c18-17(19,20)28-13-4-2-12(3-5-13)22-16(24)27-7-8-29-15-6-1-11(10-21)9-14(15)23(25)26/h1-6,9H,7-8H2,(H,22,24). The van der Waals surface area contributed by atoms with E-state index >= 15 is 0 Å². The van der Waals surface area contributed by atoms with Crippen molar-refractivity contribution in [2.75, 3.05) is 17.7 Å². The summed E-state index contributed by atoms with van der Waals surface area (Å²) in [6, 6.07) is 10.3. The van der Waals surface area contributed by atoms with Crippen LogP contribution in [0.5, 0.6) is 5.75 Å². The number of hydrogen-bond donors (Lipinski definition) is 1. The highest BCUT2D eigenvalue weighted by atomic mass is 32.2. The topological polar surface area (TPSA) is 114 Å². The summed E-state index contributed by atoms with van der Waals surface area (Å²) in [5.74, 6) is -0.227. The number of nitrogens with zero attached hydrogens (tertiary/aromatic N) is 2. The Hall–Kier alpha value is -3.46. The fourth-order valence-corrected chi connectivity index (χ4v) is 2.86. The summed E-state index contributed by atoms with van der Waals surface area (Å²) >= 11 is 1.07. The first-order valence-electron chi connectivity index (χ1n) is 7.79. The second kappa shape index (κ2) is 9.65.